The Morgan fingerprint density at radius 2 is 1.95 bits per heavy atom. The monoisotopic (exact) mass is 301 g/mol. The molecule has 1 aromatic carbocycles. The van der Waals surface area contributed by atoms with E-state index in [9.17, 15) is 22.4 Å². The van der Waals surface area contributed by atoms with E-state index in [1.807, 2.05) is 0 Å². The molecule has 0 saturated carbocycles. The third-order valence-electron chi connectivity index (χ3n) is 2.85. The Bertz CT molecular complexity index is 691. The van der Waals surface area contributed by atoms with E-state index in [0.717, 1.165) is 13.1 Å². The highest BCUT2D eigenvalue weighted by molar-refractivity contribution is 6.03. The van der Waals surface area contributed by atoms with Gasteiger partial charge in [0, 0.05) is 18.8 Å². The molecule has 1 N–H and O–H groups in total. The lowest BCUT2D eigenvalue weighted by Gasteiger charge is -2.06. The summed E-state index contributed by atoms with van der Waals surface area (Å²) in [6, 6.07) is 4.39. The number of hydrogen-bond acceptors (Lipinski definition) is 2. The molecule has 0 aliphatic carbocycles. The van der Waals surface area contributed by atoms with Crippen molar-refractivity contribution in [3.8, 4) is 0 Å². The van der Waals surface area contributed by atoms with Crippen LogP contribution in [-0.2, 0) is 13.2 Å². The highest BCUT2D eigenvalue weighted by Crippen LogP contribution is 2.29. The molecule has 0 bridgehead atoms. The van der Waals surface area contributed by atoms with Gasteiger partial charge >= 0.3 is 6.18 Å². The summed E-state index contributed by atoms with van der Waals surface area (Å²) in [6.07, 6.45) is -4.60. The summed E-state index contributed by atoms with van der Waals surface area (Å²) in [6.45, 7) is 1.63. The van der Waals surface area contributed by atoms with Gasteiger partial charge in [0.1, 0.15) is 11.5 Å². The predicted octanol–water partition coefficient (Wildman–Crippen LogP) is 3.14. The molecular weight excluding hydrogens is 290 g/mol. The van der Waals surface area contributed by atoms with Crippen molar-refractivity contribution in [3.05, 3.63) is 47.0 Å². The number of anilines is 1. The van der Waals surface area contributed by atoms with Gasteiger partial charge < -0.3 is 5.32 Å². The van der Waals surface area contributed by atoms with E-state index < -0.39 is 29.3 Å². The Balaban J connectivity index is 2.27. The molecule has 0 saturated heterocycles. The van der Waals surface area contributed by atoms with Crippen LogP contribution in [0, 0.1) is 12.7 Å². The van der Waals surface area contributed by atoms with Crippen molar-refractivity contribution in [2.24, 2.45) is 7.05 Å². The number of alkyl halides is 3. The molecule has 21 heavy (non-hydrogen) atoms. The van der Waals surface area contributed by atoms with Crippen molar-refractivity contribution in [1.82, 2.24) is 9.78 Å². The van der Waals surface area contributed by atoms with E-state index in [1.165, 1.54) is 12.1 Å². The molecule has 0 aliphatic rings. The van der Waals surface area contributed by atoms with E-state index >= 15 is 0 Å². The fraction of sp³-hybridized carbons (Fsp3) is 0.231. The van der Waals surface area contributed by atoms with Gasteiger partial charge in [-0.25, -0.2) is 4.39 Å². The first kappa shape index (κ1) is 15.0. The maximum absolute atomic E-state index is 13.1. The first-order valence-electron chi connectivity index (χ1n) is 5.87. The van der Waals surface area contributed by atoms with Crippen molar-refractivity contribution in [2.75, 3.05) is 5.32 Å². The summed E-state index contributed by atoms with van der Waals surface area (Å²) < 4.78 is 51.6. The number of rotatable bonds is 2. The SMILES string of the molecule is Cc1ccc(F)cc1NC(=O)c1cc(C(F)(F)F)n(C)n1. The number of carbonyl (C=O) groups excluding carboxylic acids is 1. The van der Waals surface area contributed by atoms with Crippen LogP contribution in [-0.4, -0.2) is 15.7 Å². The maximum Gasteiger partial charge on any atom is 0.433 e. The van der Waals surface area contributed by atoms with Crippen LogP contribution in [0.25, 0.3) is 0 Å². The average Bonchev–Trinajstić information content (AvgIpc) is 2.76. The lowest BCUT2D eigenvalue weighted by atomic mass is 10.2. The molecular formula is C13H11F4N3O. The van der Waals surface area contributed by atoms with E-state index in [2.05, 4.69) is 10.4 Å². The summed E-state index contributed by atoms with van der Waals surface area (Å²) in [5.74, 6) is -1.40. The maximum atomic E-state index is 13.1. The minimum absolute atomic E-state index is 0.180. The number of amides is 1. The normalized spacial score (nSPS) is 11.5. The van der Waals surface area contributed by atoms with Crippen molar-refractivity contribution in [1.29, 1.82) is 0 Å². The van der Waals surface area contributed by atoms with Crippen molar-refractivity contribution in [2.45, 2.75) is 13.1 Å². The predicted molar refractivity (Wildman–Crippen MR) is 67.3 cm³/mol. The Morgan fingerprint density at radius 3 is 2.52 bits per heavy atom. The van der Waals surface area contributed by atoms with Crippen LogP contribution in [0.1, 0.15) is 21.7 Å². The number of carbonyl (C=O) groups is 1. The first-order valence-corrected chi connectivity index (χ1v) is 5.87. The summed E-state index contributed by atoms with van der Waals surface area (Å²) in [7, 11) is 1.09. The van der Waals surface area contributed by atoms with Gasteiger partial charge in [0.05, 0.1) is 0 Å². The number of aromatic nitrogens is 2. The zero-order valence-corrected chi connectivity index (χ0v) is 11.1. The second-order valence-electron chi connectivity index (χ2n) is 4.45. The lowest BCUT2D eigenvalue weighted by molar-refractivity contribution is -0.143. The molecule has 0 unspecified atom stereocenters. The minimum atomic E-state index is -4.60. The quantitative estimate of drug-likeness (QED) is 0.866. The van der Waals surface area contributed by atoms with Crippen LogP contribution in [0.5, 0.6) is 0 Å². The first-order chi connectivity index (χ1) is 9.68. The fourth-order valence-corrected chi connectivity index (χ4v) is 1.76. The number of benzene rings is 1. The number of halogens is 4. The van der Waals surface area contributed by atoms with Crippen LogP contribution in [0.3, 0.4) is 0 Å². The van der Waals surface area contributed by atoms with Crippen LogP contribution in [0.2, 0.25) is 0 Å². The van der Waals surface area contributed by atoms with Gasteiger partial charge in [-0.15, -0.1) is 0 Å². The third kappa shape index (κ3) is 3.21. The molecule has 0 radical (unpaired) electrons. The smallest absolute Gasteiger partial charge is 0.320 e. The van der Waals surface area contributed by atoms with Crippen LogP contribution in [0.15, 0.2) is 24.3 Å². The molecule has 0 fully saturated rings. The van der Waals surface area contributed by atoms with Crippen molar-refractivity contribution >= 4 is 11.6 Å². The van der Waals surface area contributed by atoms with Crippen molar-refractivity contribution in [3.63, 3.8) is 0 Å². The lowest BCUT2D eigenvalue weighted by Crippen LogP contribution is -2.14. The molecule has 0 spiro atoms. The summed E-state index contributed by atoms with van der Waals surface area (Å²) >= 11 is 0. The molecule has 112 valence electrons. The minimum Gasteiger partial charge on any atom is -0.320 e. The zero-order valence-electron chi connectivity index (χ0n) is 11.1. The van der Waals surface area contributed by atoms with Crippen molar-refractivity contribution < 1.29 is 22.4 Å². The molecule has 2 rings (SSSR count). The van der Waals surface area contributed by atoms with Gasteiger partial charge in [-0.2, -0.15) is 18.3 Å². The fourth-order valence-electron chi connectivity index (χ4n) is 1.76. The topological polar surface area (TPSA) is 46.9 Å². The van der Waals surface area contributed by atoms with Gasteiger partial charge in [0.25, 0.3) is 5.91 Å². The molecule has 0 aliphatic heterocycles. The Kier molecular flexibility index (Phi) is 3.71. The second-order valence-corrected chi connectivity index (χ2v) is 4.45. The number of nitrogens with zero attached hydrogens (tertiary/aromatic N) is 2. The molecule has 2 aromatic rings. The van der Waals surface area contributed by atoms with Gasteiger partial charge in [-0.05, 0) is 24.6 Å². The number of nitrogens with one attached hydrogen (secondary N) is 1. The highest BCUT2D eigenvalue weighted by atomic mass is 19.4. The molecule has 4 nitrogen and oxygen atoms in total. The third-order valence-corrected chi connectivity index (χ3v) is 2.85. The number of hydrogen-bond donors (Lipinski definition) is 1. The highest BCUT2D eigenvalue weighted by Gasteiger charge is 2.35. The zero-order chi connectivity index (χ0) is 15.8. The van der Waals surface area contributed by atoms with E-state index in [1.54, 1.807) is 6.92 Å². The Morgan fingerprint density at radius 1 is 1.29 bits per heavy atom. The Labute approximate surface area is 117 Å². The molecule has 8 heteroatoms. The van der Waals surface area contributed by atoms with Gasteiger partial charge in [-0.1, -0.05) is 6.07 Å². The van der Waals surface area contributed by atoms with Gasteiger partial charge in [0.2, 0.25) is 0 Å². The van der Waals surface area contributed by atoms with Gasteiger partial charge in [-0.3, -0.25) is 9.48 Å². The van der Waals surface area contributed by atoms with Gasteiger partial charge in [0.15, 0.2) is 5.69 Å². The van der Waals surface area contributed by atoms with E-state index in [4.69, 9.17) is 0 Å². The largest absolute Gasteiger partial charge is 0.433 e. The summed E-state index contributed by atoms with van der Waals surface area (Å²) in [4.78, 5) is 11.9. The summed E-state index contributed by atoms with van der Waals surface area (Å²) in [5.41, 5.74) is -0.673. The van der Waals surface area contributed by atoms with Crippen LogP contribution >= 0.6 is 0 Å². The average molecular weight is 301 g/mol. The van der Waals surface area contributed by atoms with E-state index in [-0.39, 0.29) is 5.69 Å². The molecule has 1 amide bonds. The van der Waals surface area contributed by atoms with Crippen LogP contribution < -0.4 is 5.32 Å². The van der Waals surface area contributed by atoms with E-state index in [0.29, 0.717) is 16.3 Å². The Hall–Kier alpha value is -2.38. The standard InChI is InChI=1S/C13H11F4N3O/c1-7-3-4-8(14)5-9(7)18-12(21)10-6-11(13(15,16)17)20(2)19-10/h3-6H,1-2H3,(H,18,21). The summed E-state index contributed by atoms with van der Waals surface area (Å²) in [5, 5.41) is 5.85. The second kappa shape index (κ2) is 5.19. The number of aryl methyl sites for hydroxylation is 2. The molecule has 1 heterocycles. The molecule has 0 atom stereocenters. The molecule has 1 aromatic heterocycles. The van der Waals surface area contributed by atoms with Crippen LogP contribution in [0.4, 0.5) is 23.2 Å².